The molecule has 0 unspecified atom stereocenters. The van der Waals surface area contributed by atoms with Gasteiger partial charge >= 0.3 is 0 Å². The summed E-state index contributed by atoms with van der Waals surface area (Å²) in [6.45, 7) is 4.56. The first-order chi connectivity index (χ1) is 9.63. The normalized spacial score (nSPS) is 22.4. The van der Waals surface area contributed by atoms with E-state index in [9.17, 15) is 0 Å². The number of rotatable bonds is 1. The van der Waals surface area contributed by atoms with E-state index in [2.05, 4.69) is 21.8 Å². The van der Waals surface area contributed by atoms with E-state index < -0.39 is 0 Å². The van der Waals surface area contributed by atoms with Crippen LogP contribution in [0.3, 0.4) is 0 Å². The maximum atomic E-state index is 5.83. The summed E-state index contributed by atoms with van der Waals surface area (Å²) in [5.41, 5.74) is 8.67. The van der Waals surface area contributed by atoms with E-state index in [1.165, 1.54) is 25.9 Å². The minimum atomic E-state index is 0.492. The maximum Gasteiger partial charge on any atom is 0.298 e. The fourth-order valence-electron chi connectivity index (χ4n) is 3.38. The van der Waals surface area contributed by atoms with E-state index in [0.29, 0.717) is 5.41 Å². The fourth-order valence-corrected chi connectivity index (χ4v) is 3.38. The standard InChI is InChI=1S/C15H20N4O/c1-18-6-4-15(5-7-18)9-19(10-15)14-17-12-8-11(16)2-3-13(12)20-14/h2-3,8H,4-7,9-10,16H2,1H3. The van der Waals surface area contributed by atoms with E-state index in [-0.39, 0.29) is 0 Å². The Morgan fingerprint density at radius 3 is 2.75 bits per heavy atom. The Labute approximate surface area is 118 Å². The Kier molecular flexibility index (Phi) is 2.48. The highest BCUT2D eigenvalue weighted by Crippen LogP contribution is 2.42. The lowest BCUT2D eigenvalue weighted by Gasteiger charge is -2.53. The second-order valence-corrected chi connectivity index (χ2v) is 6.38. The van der Waals surface area contributed by atoms with Gasteiger partial charge in [-0.15, -0.1) is 0 Å². The molecular weight excluding hydrogens is 252 g/mol. The van der Waals surface area contributed by atoms with Crippen molar-refractivity contribution in [1.29, 1.82) is 0 Å². The molecule has 20 heavy (non-hydrogen) atoms. The molecule has 1 spiro atoms. The van der Waals surface area contributed by atoms with Gasteiger partial charge < -0.3 is 20.0 Å². The number of anilines is 2. The minimum Gasteiger partial charge on any atom is -0.423 e. The second kappa shape index (κ2) is 4.12. The van der Waals surface area contributed by atoms with Crippen LogP contribution in [-0.4, -0.2) is 43.1 Å². The van der Waals surface area contributed by atoms with Gasteiger partial charge in [-0.1, -0.05) is 0 Å². The van der Waals surface area contributed by atoms with Gasteiger partial charge in [0, 0.05) is 24.2 Å². The average Bonchev–Trinajstić information content (AvgIpc) is 2.80. The zero-order valence-corrected chi connectivity index (χ0v) is 11.8. The van der Waals surface area contributed by atoms with Gasteiger partial charge in [-0.25, -0.2) is 0 Å². The number of benzene rings is 1. The number of nitrogen functional groups attached to an aromatic ring is 1. The van der Waals surface area contributed by atoms with Gasteiger partial charge in [0.2, 0.25) is 0 Å². The van der Waals surface area contributed by atoms with Crippen molar-refractivity contribution >= 4 is 22.8 Å². The highest BCUT2D eigenvalue weighted by atomic mass is 16.4. The van der Waals surface area contributed by atoms with E-state index in [1.807, 2.05) is 18.2 Å². The van der Waals surface area contributed by atoms with Crippen molar-refractivity contribution in [3.05, 3.63) is 18.2 Å². The van der Waals surface area contributed by atoms with Gasteiger partial charge in [0.05, 0.1) is 0 Å². The molecule has 2 N–H and O–H groups in total. The van der Waals surface area contributed by atoms with Crippen LogP contribution in [0.15, 0.2) is 22.6 Å². The SMILES string of the molecule is CN1CCC2(CC1)CN(c1nc3cc(N)ccc3o1)C2. The Bertz CT molecular complexity index is 634. The molecule has 0 radical (unpaired) electrons. The Morgan fingerprint density at radius 2 is 2.00 bits per heavy atom. The first kappa shape index (κ1) is 12.0. The molecule has 1 aromatic heterocycles. The van der Waals surface area contributed by atoms with Crippen molar-refractivity contribution in [2.45, 2.75) is 12.8 Å². The predicted molar refractivity (Wildman–Crippen MR) is 79.8 cm³/mol. The van der Waals surface area contributed by atoms with Crippen LogP contribution >= 0.6 is 0 Å². The molecule has 106 valence electrons. The molecule has 2 saturated heterocycles. The number of fused-ring (bicyclic) bond motifs is 1. The quantitative estimate of drug-likeness (QED) is 0.804. The van der Waals surface area contributed by atoms with Gasteiger partial charge in [0.25, 0.3) is 6.01 Å². The highest BCUT2D eigenvalue weighted by molar-refractivity contribution is 5.78. The molecule has 2 aromatic rings. The molecule has 0 saturated carbocycles. The Hall–Kier alpha value is -1.75. The number of hydrogen-bond acceptors (Lipinski definition) is 5. The van der Waals surface area contributed by atoms with Gasteiger partial charge in [0.1, 0.15) is 5.52 Å². The van der Waals surface area contributed by atoms with Crippen molar-refractivity contribution in [3.63, 3.8) is 0 Å². The van der Waals surface area contributed by atoms with E-state index >= 15 is 0 Å². The topological polar surface area (TPSA) is 58.5 Å². The number of oxazole rings is 1. The van der Waals surface area contributed by atoms with Crippen LogP contribution < -0.4 is 10.6 Å². The lowest BCUT2D eigenvalue weighted by atomic mass is 9.72. The summed E-state index contributed by atoms with van der Waals surface area (Å²) < 4.78 is 5.83. The second-order valence-electron chi connectivity index (χ2n) is 6.38. The summed E-state index contributed by atoms with van der Waals surface area (Å²) in [6, 6.07) is 6.36. The zero-order chi connectivity index (χ0) is 13.7. The van der Waals surface area contributed by atoms with Crippen LogP contribution in [0.25, 0.3) is 11.1 Å². The fraction of sp³-hybridized carbons (Fsp3) is 0.533. The monoisotopic (exact) mass is 272 g/mol. The molecule has 3 heterocycles. The maximum absolute atomic E-state index is 5.83. The van der Waals surface area contributed by atoms with Crippen LogP contribution in [0.2, 0.25) is 0 Å². The summed E-state index contributed by atoms with van der Waals surface area (Å²) in [5, 5.41) is 0. The summed E-state index contributed by atoms with van der Waals surface area (Å²) in [6.07, 6.45) is 2.57. The van der Waals surface area contributed by atoms with Crippen LogP contribution in [0.5, 0.6) is 0 Å². The zero-order valence-electron chi connectivity index (χ0n) is 11.8. The number of hydrogen-bond donors (Lipinski definition) is 1. The highest BCUT2D eigenvalue weighted by Gasteiger charge is 2.45. The van der Waals surface area contributed by atoms with Gasteiger partial charge in [-0.05, 0) is 51.2 Å². The number of piperidine rings is 1. The van der Waals surface area contributed by atoms with Crippen molar-refractivity contribution in [1.82, 2.24) is 9.88 Å². The summed E-state index contributed by atoms with van der Waals surface area (Å²) >= 11 is 0. The van der Waals surface area contributed by atoms with Gasteiger partial charge in [-0.2, -0.15) is 4.98 Å². The third-order valence-corrected chi connectivity index (χ3v) is 4.77. The number of likely N-dealkylation sites (tertiary alicyclic amines) is 1. The lowest BCUT2D eigenvalue weighted by Crippen LogP contribution is -2.60. The van der Waals surface area contributed by atoms with Crippen molar-refractivity contribution in [2.75, 3.05) is 43.9 Å². The van der Waals surface area contributed by atoms with E-state index in [4.69, 9.17) is 10.2 Å². The molecule has 0 aliphatic carbocycles. The van der Waals surface area contributed by atoms with Crippen LogP contribution in [0.4, 0.5) is 11.7 Å². The van der Waals surface area contributed by atoms with E-state index in [0.717, 1.165) is 35.9 Å². The number of nitrogens with two attached hydrogens (primary N) is 1. The molecule has 0 atom stereocenters. The van der Waals surface area contributed by atoms with E-state index in [1.54, 1.807) is 0 Å². The smallest absolute Gasteiger partial charge is 0.298 e. The van der Waals surface area contributed by atoms with Gasteiger partial charge in [0.15, 0.2) is 5.58 Å². The molecule has 2 fully saturated rings. The van der Waals surface area contributed by atoms with Crippen molar-refractivity contribution in [3.8, 4) is 0 Å². The molecular formula is C15H20N4O. The molecule has 4 rings (SSSR count). The third-order valence-electron chi connectivity index (χ3n) is 4.77. The molecule has 1 aromatic carbocycles. The summed E-state index contributed by atoms with van der Waals surface area (Å²) in [7, 11) is 2.20. The summed E-state index contributed by atoms with van der Waals surface area (Å²) in [5.74, 6) is 0. The molecule has 2 aliphatic heterocycles. The largest absolute Gasteiger partial charge is 0.423 e. The van der Waals surface area contributed by atoms with Crippen LogP contribution in [0.1, 0.15) is 12.8 Å². The Morgan fingerprint density at radius 1 is 1.25 bits per heavy atom. The van der Waals surface area contributed by atoms with Crippen LogP contribution in [0, 0.1) is 5.41 Å². The lowest BCUT2D eigenvalue weighted by molar-refractivity contribution is 0.0870. The Balaban J connectivity index is 1.51. The van der Waals surface area contributed by atoms with Crippen LogP contribution in [-0.2, 0) is 0 Å². The molecule has 5 nitrogen and oxygen atoms in total. The number of aromatic nitrogens is 1. The third kappa shape index (κ3) is 1.85. The molecule has 2 aliphatic rings. The first-order valence-electron chi connectivity index (χ1n) is 7.23. The van der Waals surface area contributed by atoms with Gasteiger partial charge in [-0.3, -0.25) is 0 Å². The minimum absolute atomic E-state index is 0.492. The number of nitrogens with zero attached hydrogens (tertiary/aromatic N) is 3. The molecule has 0 bridgehead atoms. The predicted octanol–water partition coefficient (Wildman–Crippen LogP) is 1.94. The van der Waals surface area contributed by atoms with Crippen molar-refractivity contribution in [2.24, 2.45) is 5.41 Å². The first-order valence-corrected chi connectivity index (χ1v) is 7.23. The summed E-state index contributed by atoms with van der Waals surface area (Å²) in [4.78, 5) is 9.22. The average molecular weight is 272 g/mol. The molecule has 0 amide bonds. The molecule has 5 heteroatoms. The van der Waals surface area contributed by atoms with Crippen molar-refractivity contribution < 1.29 is 4.42 Å².